The topological polar surface area (TPSA) is 43.3 Å². The van der Waals surface area contributed by atoms with Crippen molar-refractivity contribution in [3.8, 4) is 5.75 Å². The van der Waals surface area contributed by atoms with Crippen molar-refractivity contribution in [2.75, 3.05) is 13.7 Å². The van der Waals surface area contributed by atoms with E-state index in [9.17, 15) is 4.79 Å². The van der Waals surface area contributed by atoms with Gasteiger partial charge in [0.05, 0.1) is 7.11 Å². The van der Waals surface area contributed by atoms with Gasteiger partial charge in [-0.1, -0.05) is 46.3 Å². The van der Waals surface area contributed by atoms with E-state index in [0.717, 1.165) is 16.0 Å². The summed E-state index contributed by atoms with van der Waals surface area (Å²) >= 11 is 5.32. The number of fused-ring (bicyclic) bond motifs is 1. The molecule has 0 aliphatic carbocycles. The molecule has 158 valence electrons. The Balaban J connectivity index is 1.41. The third-order valence-corrected chi connectivity index (χ3v) is 6.69. The third kappa shape index (κ3) is 5.32. The fraction of sp³-hybridized carbons (Fsp3) is 0.160. The molecule has 0 fully saturated rings. The fourth-order valence-corrected chi connectivity index (χ4v) is 4.70. The molecule has 1 heterocycles. The molecule has 4 rings (SSSR count). The molecule has 0 aliphatic rings. The number of hydrogen-bond acceptors (Lipinski definition) is 3. The van der Waals surface area contributed by atoms with Gasteiger partial charge in [-0.05, 0) is 48.0 Å². The maximum atomic E-state index is 12.4. The number of ether oxygens (including phenoxy) is 1. The van der Waals surface area contributed by atoms with Crippen molar-refractivity contribution >= 4 is 44.5 Å². The molecule has 0 saturated heterocycles. The summed E-state index contributed by atoms with van der Waals surface area (Å²) in [5, 5.41) is 4.25. The Morgan fingerprint density at radius 1 is 1.03 bits per heavy atom. The molecule has 31 heavy (non-hydrogen) atoms. The molecule has 0 bridgehead atoms. The van der Waals surface area contributed by atoms with Crippen molar-refractivity contribution < 1.29 is 9.53 Å². The number of methoxy groups -OCH3 is 1. The van der Waals surface area contributed by atoms with E-state index in [-0.39, 0.29) is 5.91 Å². The summed E-state index contributed by atoms with van der Waals surface area (Å²) in [5.74, 6) is 1.57. The van der Waals surface area contributed by atoms with E-state index in [1.165, 1.54) is 21.4 Å². The van der Waals surface area contributed by atoms with Gasteiger partial charge in [0, 0.05) is 50.9 Å². The van der Waals surface area contributed by atoms with Crippen LogP contribution in [0.1, 0.15) is 15.9 Å². The number of amides is 1. The molecule has 4 aromatic rings. The summed E-state index contributed by atoms with van der Waals surface area (Å²) in [4.78, 5) is 13.7. The number of carbonyl (C=O) groups is 1. The van der Waals surface area contributed by atoms with Crippen LogP contribution in [0.5, 0.6) is 5.75 Å². The van der Waals surface area contributed by atoms with Crippen LogP contribution < -0.4 is 10.1 Å². The van der Waals surface area contributed by atoms with Gasteiger partial charge in [-0.25, -0.2) is 0 Å². The van der Waals surface area contributed by atoms with Crippen molar-refractivity contribution in [2.45, 2.75) is 17.2 Å². The zero-order chi connectivity index (χ0) is 21.6. The van der Waals surface area contributed by atoms with Gasteiger partial charge in [-0.2, -0.15) is 0 Å². The molecule has 0 aliphatic heterocycles. The normalized spacial score (nSPS) is 10.9. The lowest BCUT2D eigenvalue weighted by molar-refractivity contribution is 0.0952. The number of nitrogens with one attached hydrogen (secondary N) is 1. The summed E-state index contributed by atoms with van der Waals surface area (Å²) in [6.07, 6.45) is 2.19. The number of nitrogens with zero attached hydrogens (tertiary/aromatic N) is 1. The lowest BCUT2D eigenvalue weighted by atomic mass is 10.2. The third-order valence-electron chi connectivity index (χ3n) is 5.05. The Bertz CT molecular complexity index is 1170. The molecule has 1 N–H and O–H groups in total. The minimum absolute atomic E-state index is 0.0797. The van der Waals surface area contributed by atoms with Crippen LogP contribution in [0.4, 0.5) is 0 Å². The Morgan fingerprint density at radius 3 is 2.52 bits per heavy atom. The first kappa shape index (κ1) is 21.5. The molecule has 1 aromatic heterocycles. The molecular formula is C25H23BrN2O2S. The minimum atomic E-state index is -0.0797. The van der Waals surface area contributed by atoms with Crippen LogP contribution in [-0.2, 0) is 12.3 Å². The minimum Gasteiger partial charge on any atom is -0.497 e. The van der Waals surface area contributed by atoms with Gasteiger partial charge in [0.25, 0.3) is 5.91 Å². The summed E-state index contributed by atoms with van der Waals surface area (Å²) in [7, 11) is 1.61. The number of thioether (sulfide) groups is 1. The van der Waals surface area contributed by atoms with Crippen LogP contribution in [0, 0.1) is 0 Å². The first-order valence-electron chi connectivity index (χ1n) is 10.0. The van der Waals surface area contributed by atoms with Crippen LogP contribution in [0.2, 0.25) is 0 Å². The molecule has 6 heteroatoms. The van der Waals surface area contributed by atoms with E-state index in [4.69, 9.17) is 4.74 Å². The van der Waals surface area contributed by atoms with E-state index in [1.807, 2.05) is 11.8 Å². The SMILES string of the molecule is COc1ccc(C(=O)NCCn2cc(SCc3ccc(Br)cc3)c3ccccc32)cc1. The summed E-state index contributed by atoms with van der Waals surface area (Å²) in [6.45, 7) is 1.27. The van der Waals surface area contributed by atoms with Crippen LogP contribution in [0.3, 0.4) is 0 Å². The molecule has 0 saturated carbocycles. The second kappa shape index (κ2) is 10.1. The molecule has 0 unspecified atom stereocenters. The fourth-order valence-electron chi connectivity index (χ4n) is 3.39. The summed E-state index contributed by atoms with van der Waals surface area (Å²) < 4.78 is 8.45. The van der Waals surface area contributed by atoms with Crippen LogP contribution in [0.25, 0.3) is 10.9 Å². The number of para-hydroxylation sites is 1. The van der Waals surface area contributed by atoms with Crippen LogP contribution in [-0.4, -0.2) is 24.1 Å². The van der Waals surface area contributed by atoms with E-state index in [0.29, 0.717) is 18.7 Å². The zero-order valence-electron chi connectivity index (χ0n) is 17.2. The number of benzene rings is 3. The highest BCUT2D eigenvalue weighted by Gasteiger charge is 2.10. The maximum absolute atomic E-state index is 12.4. The molecule has 4 nitrogen and oxygen atoms in total. The number of halogens is 1. The predicted molar refractivity (Wildman–Crippen MR) is 131 cm³/mol. The molecular weight excluding hydrogens is 472 g/mol. The highest BCUT2D eigenvalue weighted by molar-refractivity contribution is 9.10. The Labute approximate surface area is 194 Å². The Kier molecular flexibility index (Phi) is 6.99. The van der Waals surface area contributed by atoms with Gasteiger partial charge in [0.2, 0.25) is 0 Å². The highest BCUT2D eigenvalue weighted by atomic mass is 79.9. The largest absolute Gasteiger partial charge is 0.497 e. The summed E-state index contributed by atoms with van der Waals surface area (Å²) in [5.41, 5.74) is 3.10. The van der Waals surface area contributed by atoms with Crippen molar-refractivity contribution in [1.82, 2.24) is 9.88 Å². The van der Waals surface area contributed by atoms with E-state index < -0.39 is 0 Å². The van der Waals surface area contributed by atoms with Crippen molar-refractivity contribution in [3.05, 3.63) is 94.6 Å². The highest BCUT2D eigenvalue weighted by Crippen LogP contribution is 2.32. The van der Waals surface area contributed by atoms with Gasteiger partial charge < -0.3 is 14.6 Å². The molecule has 1 amide bonds. The van der Waals surface area contributed by atoms with Gasteiger partial charge >= 0.3 is 0 Å². The average Bonchev–Trinajstić information content (AvgIpc) is 3.16. The smallest absolute Gasteiger partial charge is 0.251 e. The first-order chi connectivity index (χ1) is 15.1. The second-order valence-corrected chi connectivity index (χ2v) is 9.04. The van der Waals surface area contributed by atoms with Crippen molar-refractivity contribution in [1.29, 1.82) is 0 Å². The quantitative estimate of drug-likeness (QED) is 0.299. The van der Waals surface area contributed by atoms with Crippen molar-refractivity contribution in [3.63, 3.8) is 0 Å². The number of hydrogen-bond donors (Lipinski definition) is 1. The number of aromatic nitrogens is 1. The van der Waals surface area contributed by atoms with E-state index in [2.05, 4.69) is 80.5 Å². The zero-order valence-corrected chi connectivity index (χ0v) is 19.6. The molecule has 0 radical (unpaired) electrons. The van der Waals surface area contributed by atoms with Gasteiger partial charge in [-0.3, -0.25) is 4.79 Å². The van der Waals surface area contributed by atoms with Crippen LogP contribution in [0.15, 0.2) is 88.4 Å². The first-order valence-corrected chi connectivity index (χ1v) is 11.8. The molecule has 0 atom stereocenters. The van der Waals surface area contributed by atoms with Crippen molar-refractivity contribution in [2.24, 2.45) is 0 Å². The monoisotopic (exact) mass is 494 g/mol. The molecule has 3 aromatic carbocycles. The van der Waals surface area contributed by atoms with Gasteiger partial charge in [0.1, 0.15) is 5.75 Å². The Hall–Kier alpha value is -2.70. The number of carbonyl (C=O) groups excluding carboxylic acids is 1. The summed E-state index contributed by atoms with van der Waals surface area (Å²) in [6, 6.07) is 24.0. The maximum Gasteiger partial charge on any atom is 0.251 e. The predicted octanol–water partition coefficient (Wildman–Crippen LogP) is 6.13. The average molecular weight is 495 g/mol. The number of rotatable bonds is 8. The van der Waals surface area contributed by atoms with Gasteiger partial charge in [0.15, 0.2) is 0 Å². The van der Waals surface area contributed by atoms with E-state index in [1.54, 1.807) is 31.4 Å². The lowest BCUT2D eigenvalue weighted by Crippen LogP contribution is -2.27. The molecule has 0 spiro atoms. The Morgan fingerprint density at radius 2 is 1.77 bits per heavy atom. The van der Waals surface area contributed by atoms with E-state index >= 15 is 0 Å². The van der Waals surface area contributed by atoms with Crippen LogP contribution >= 0.6 is 27.7 Å². The van der Waals surface area contributed by atoms with Gasteiger partial charge in [-0.15, -0.1) is 11.8 Å². The lowest BCUT2D eigenvalue weighted by Gasteiger charge is -2.08. The second-order valence-electron chi connectivity index (χ2n) is 7.10. The standard InChI is InChI=1S/C25H23BrN2O2S/c1-30-21-12-8-19(9-13-21)25(29)27-14-15-28-16-24(22-4-2-3-5-23(22)28)31-17-18-6-10-20(26)11-7-18/h2-13,16H,14-15,17H2,1H3,(H,27,29).